The second-order valence-corrected chi connectivity index (χ2v) is 6.90. The van der Waals surface area contributed by atoms with Crippen molar-refractivity contribution < 1.29 is 24.1 Å². The van der Waals surface area contributed by atoms with E-state index in [9.17, 15) is 9.90 Å². The summed E-state index contributed by atoms with van der Waals surface area (Å²) in [7, 11) is 4.95. The fourth-order valence-electron chi connectivity index (χ4n) is 3.93. The molecular weight excluding hydrogens is 358 g/mol. The Morgan fingerprint density at radius 2 is 1.61 bits per heavy atom. The van der Waals surface area contributed by atoms with E-state index in [1.807, 2.05) is 36.4 Å². The number of rotatable bonds is 7. The third-order valence-corrected chi connectivity index (χ3v) is 5.39. The van der Waals surface area contributed by atoms with Gasteiger partial charge in [0.25, 0.3) is 0 Å². The number of methoxy groups -OCH3 is 3. The summed E-state index contributed by atoms with van der Waals surface area (Å²) in [5.41, 5.74) is 1.99. The Hall–Kier alpha value is -2.73. The van der Waals surface area contributed by atoms with E-state index in [4.69, 9.17) is 14.2 Å². The van der Waals surface area contributed by atoms with Crippen molar-refractivity contribution >= 4 is 5.97 Å². The molecule has 0 aromatic heterocycles. The summed E-state index contributed by atoms with van der Waals surface area (Å²) in [6, 6.07) is 13.6. The van der Waals surface area contributed by atoms with E-state index < -0.39 is 5.97 Å². The quantitative estimate of drug-likeness (QED) is 0.785. The normalized spacial score (nSPS) is 16.4. The summed E-state index contributed by atoms with van der Waals surface area (Å²) < 4.78 is 16.8. The smallest absolute Gasteiger partial charge is 0.306 e. The highest BCUT2D eigenvalue weighted by Crippen LogP contribution is 2.42. The van der Waals surface area contributed by atoms with E-state index in [0.29, 0.717) is 25.9 Å². The predicted molar refractivity (Wildman–Crippen MR) is 106 cm³/mol. The highest BCUT2D eigenvalue weighted by molar-refractivity contribution is 5.70. The average Bonchev–Trinajstić information content (AvgIpc) is 2.74. The number of carboxylic acid groups (broad SMARTS) is 1. The topological polar surface area (TPSA) is 68.2 Å². The van der Waals surface area contributed by atoms with Gasteiger partial charge in [-0.1, -0.05) is 18.2 Å². The van der Waals surface area contributed by atoms with Gasteiger partial charge in [0.2, 0.25) is 0 Å². The van der Waals surface area contributed by atoms with Gasteiger partial charge >= 0.3 is 5.97 Å². The van der Waals surface area contributed by atoms with Gasteiger partial charge < -0.3 is 19.3 Å². The molecule has 3 rings (SSSR count). The maximum Gasteiger partial charge on any atom is 0.306 e. The first-order valence-corrected chi connectivity index (χ1v) is 9.40. The number of ether oxygens (including phenoxy) is 3. The van der Waals surface area contributed by atoms with Gasteiger partial charge in [-0.05, 0) is 55.8 Å². The molecule has 0 amide bonds. The molecule has 0 bridgehead atoms. The molecule has 1 aliphatic heterocycles. The molecule has 150 valence electrons. The summed E-state index contributed by atoms with van der Waals surface area (Å²) in [4.78, 5) is 13.7. The molecule has 1 saturated heterocycles. The van der Waals surface area contributed by atoms with Crippen molar-refractivity contribution in [3.63, 3.8) is 0 Å². The third kappa shape index (κ3) is 4.07. The average molecular weight is 385 g/mol. The number of piperidine rings is 1. The van der Waals surface area contributed by atoms with Crippen LogP contribution < -0.4 is 14.2 Å². The summed E-state index contributed by atoms with van der Waals surface area (Å²) in [6.07, 6.45) is 1.24. The van der Waals surface area contributed by atoms with Crippen molar-refractivity contribution in [3.05, 3.63) is 53.6 Å². The van der Waals surface area contributed by atoms with Gasteiger partial charge in [-0.3, -0.25) is 9.69 Å². The van der Waals surface area contributed by atoms with Crippen LogP contribution in [-0.4, -0.2) is 50.4 Å². The maximum absolute atomic E-state index is 11.4. The second kappa shape index (κ2) is 8.97. The van der Waals surface area contributed by atoms with Gasteiger partial charge in [-0.25, -0.2) is 0 Å². The SMILES string of the molecule is COc1cccc(C(c2c(OC)cccc2OC)N2CCC(C(=O)O)CC2)c1. The molecule has 0 saturated carbocycles. The number of aliphatic carboxylic acids is 1. The van der Waals surface area contributed by atoms with Crippen molar-refractivity contribution in [3.8, 4) is 17.2 Å². The lowest BCUT2D eigenvalue weighted by atomic mass is 9.90. The molecule has 1 atom stereocenters. The third-order valence-electron chi connectivity index (χ3n) is 5.39. The van der Waals surface area contributed by atoms with Crippen LogP contribution in [0, 0.1) is 5.92 Å². The molecule has 1 heterocycles. The number of hydrogen-bond acceptors (Lipinski definition) is 5. The molecule has 1 fully saturated rings. The summed E-state index contributed by atoms with van der Waals surface area (Å²) in [6.45, 7) is 1.36. The maximum atomic E-state index is 11.4. The predicted octanol–water partition coefficient (Wildman–Crippen LogP) is 3.60. The van der Waals surface area contributed by atoms with Gasteiger partial charge in [-0.2, -0.15) is 0 Å². The van der Waals surface area contributed by atoms with E-state index in [-0.39, 0.29) is 12.0 Å². The first-order chi connectivity index (χ1) is 13.6. The zero-order chi connectivity index (χ0) is 20.1. The largest absolute Gasteiger partial charge is 0.497 e. The molecule has 2 aromatic carbocycles. The van der Waals surface area contributed by atoms with Crippen LogP contribution in [0.15, 0.2) is 42.5 Å². The number of hydrogen-bond donors (Lipinski definition) is 1. The molecule has 28 heavy (non-hydrogen) atoms. The Balaban J connectivity index is 2.07. The van der Waals surface area contributed by atoms with E-state index >= 15 is 0 Å². The van der Waals surface area contributed by atoms with Crippen molar-refractivity contribution in [2.75, 3.05) is 34.4 Å². The summed E-state index contributed by atoms with van der Waals surface area (Å²) in [5.74, 6) is 1.26. The molecule has 0 aliphatic carbocycles. The molecule has 2 aromatic rings. The molecule has 1 aliphatic rings. The Kier molecular flexibility index (Phi) is 6.41. The second-order valence-electron chi connectivity index (χ2n) is 6.90. The van der Waals surface area contributed by atoms with E-state index in [2.05, 4.69) is 11.0 Å². The first-order valence-electron chi connectivity index (χ1n) is 9.40. The standard InChI is InChI=1S/C22H27NO5/c1-26-17-7-4-6-16(14-17)21(23-12-10-15(11-13-23)22(24)25)20-18(27-2)8-5-9-19(20)28-3/h4-9,14-15,21H,10-13H2,1-3H3,(H,24,25). The minimum atomic E-state index is -0.715. The van der Waals surface area contributed by atoms with Crippen LogP contribution in [-0.2, 0) is 4.79 Å². The van der Waals surface area contributed by atoms with Crippen molar-refractivity contribution in [2.45, 2.75) is 18.9 Å². The van der Waals surface area contributed by atoms with Crippen LogP contribution in [0.5, 0.6) is 17.2 Å². The van der Waals surface area contributed by atoms with E-state index in [1.54, 1.807) is 21.3 Å². The molecule has 6 nitrogen and oxygen atoms in total. The van der Waals surface area contributed by atoms with Gasteiger partial charge in [0.1, 0.15) is 17.2 Å². The molecule has 6 heteroatoms. The molecule has 1 N–H and O–H groups in total. The lowest BCUT2D eigenvalue weighted by Gasteiger charge is -2.38. The Morgan fingerprint density at radius 1 is 1.00 bits per heavy atom. The summed E-state index contributed by atoms with van der Waals surface area (Å²) >= 11 is 0. The number of carbonyl (C=O) groups is 1. The lowest BCUT2D eigenvalue weighted by Crippen LogP contribution is -2.39. The number of nitrogens with zero attached hydrogens (tertiary/aromatic N) is 1. The van der Waals surface area contributed by atoms with E-state index in [0.717, 1.165) is 28.4 Å². The number of benzene rings is 2. The van der Waals surface area contributed by atoms with Crippen LogP contribution in [0.1, 0.15) is 30.0 Å². The molecule has 1 unspecified atom stereocenters. The van der Waals surface area contributed by atoms with Crippen LogP contribution in [0.3, 0.4) is 0 Å². The Labute approximate surface area is 165 Å². The highest BCUT2D eigenvalue weighted by atomic mass is 16.5. The van der Waals surface area contributed by atoms with Crippen LogP contribution in [0.25, 0.3) is 0 Å². The van der Waals surface area contributed by atoms with Gasteiger partial charge in [0, 0.05) is 0 Å². The zero-order valence-corrected chi connectivity index (χ0v) is 16.6. The van der Waals surface area contributed by atoms with E-state index in [1.165, 1.54) is 0 Å². The minimum Gasteiger partial charge on any atom is -0.497 e. The van der Waals surface area contributed by atoms with Crippen LogP contribution in [0.2, 0.25) is 0 Å². The summed E-state index contributed by atoms with van der Waals surface area (Å²) in [5, 5.41) is 9.35. The fraction of sp³-hybridized carbons (Fsp3) is 0.409. The first kappa shape index (κ1) is 20.0. The van der Waals surface area contributed by atoms with Gasteiger partial charge in [0.05, 0.1) is 38.9 Å². The molecule has 0 spiro atoms. The van der Waals surface area contributed by atoms with Gasteiger partial charge in [0.15, 0.2) is 0 Å². The zero-order valence-electron chi connectivity index (χ0n) is 16.6. The van der Waals surface area contributed by atoms with Crippen LogP contribution >= 0.6 is 0 Å². The minimum absolute atomic E-state index is 0.129. The van der Waals surface area contributed by atoms with Crippen molar-refractivity contribution in [1.82, 2.24) is 4.90 Å². The molecule has 0 radical (unpaired) electrons. The lowest BCUT2D eigenvalue weighted by molar-refractivity contribution is -0.143. The number of likely N-dealkylation sites (tertiary alicyclic amines) is 1. The van der Waals surface area contributed by atoms with Crippen molar-refractivity contribution in [2.24, 2.45) is 5.92 Å². The van der Waals surface area contributed by atoms with Crippen molar-refractivity contribution in [1.29, 1.82) is 0 Å². The highest BCUT2D eigenvalue weighted by Gasteiger charge is 2.33. The number of carboxylic acids is 1. The van der Waals surface area contributed by atoms with Gasteiger partial charge in [-0.15, -0.1) is 0 Å². The Bertz CT molecular complexity index is 792. The fourth-order valence-corrected chi connectivity index (χ4v) is 3.93. The van der Waals surface area contributed by atoms with Crippen LogP contribution in [0.4, 0.5) is 0 Å². The Morgan fingerprint density at radius 3 is 2.14 bits per heavy atom. The molecular formula is C22H27NO5. The monoisotopic (exact) mass is 385 g/mol.